The quantitative estimate of drug-likeness (QED) is 0.554. The molecule has 0 radical (unpaired) electrons. The van der Waals surface area contributed by atoms with Gasteiger partial charge >= 0.3 is 0 Å². The molecule has 0 fully saturated rings. The molecule has 12 heavy (non-hydrogen) atoms. The van der Waals surface area contributed by atoms with E-state index in [0.717, 1.165) is 10.4 Å². The fourth-order valence-corrected chi connectivity index (χ4v) is 0.557. The first-order valence-electron chi connectivity index (χ1n) is 3.69. The Morgan fingerprint density at radius 3 is 1.25 bits per heavy atom. The average Bonchev–Trinajstić information content (AvgIpc) is 2.17. The molecule has 0 heterocycles. The standard InChI is InChI=1S/C8H8.2CH5N/c1-7-5-3-4-6-8(7)2;2*1-2/h3-6H,1-2H2;2*2H2,1H3. The lowest BCUT2D eigenvalue weighted by molar-refractivity contribution is 1.48. The molecule has 0 saturated heterocycles. The summed E-state index contributed by atoms with van der Waals surface area (Å²) in [5.41, 5.74) is 9.00. The van der Waals surface area contributed by atoms with Crippen LogP contribution in [0, 0.1) is 0 Å². The van der Waals surface area contributed by atoms with E-state index in [2.05, 4.69) is 24.6 Å². The predicted molar refractivity (Wildman–Crippen MR) is 57.0 cm³/mol. The second kappa shape index (κ2) is 9.88. The van der Waals surface area contributed by atoms with Gasteiger partial charge in [-0.3, -0.25) is 0 Å². The summed E-state index contributed by atoms with van der Waals surface area (Å²) < 4.78 is 0. The van der Waals surface area contributed by atoms with Crippen LogP contribution >= 0.6 is 0 Å². The van der Waals surface area contributed by atoms with Crippen LogP contribution in [0.2, 0.25) is 0 Å². The van der Waals surface area contributed by atoms with Gasteiger partial charge in [0.1, 0.15) is 0 Å². The Kier molecular flexibility index (Phi) is 11.1. The molecule has 2 nitrogen and oxygen atoms in total. The summed E-state index contributed by atoms with van der Waals surface area (Å²) in [7, 11) is 3.00. The van der Waals surface area contributed by atoms with Gasteiger partial charge in [0, 0.05) is 0 Å². The Labute approximate surface area is 74.2 Å². The van der Waals surface area contributed by atoms with Gasteiger partial charge in [0.25, 0.3) is 0 Å². The van der Waals surface area contributed by atoms with Crippen molar-refractivity contribution in [3.8, 4) is 0 Å². The highest BCUT2D eigenvalue weighted by atomic mass is 14.4. The van der Waals surface area contributed by atoms with E-state index >= 15 is 0 Å². The average molecular weight is 166 g/mol. The van der Waals surface area contributed by atoms with Crippen molar-refractivity contribution in [3.63, 3.8) is 0 Å². The van der Waals surface area contributed by atoms with Gasteiger partial charge in [0.15, 0.2) is 0 Å². The molecule has 0 aliphatic carbocycles. The third-order valence-electron chi connectivity index (χ3n) is 1.12. The van der Waals surface area contributed by atoms with E-state index in [1.165, 1.54) is 14.1 Å². The van der Waals surface area contributed by atoms with Crippen LogP contribution in [0.15, 0.2) is 24.3 Å². The van der Waals surface area contributed by atoms with Gasteiger partial charge in [-0.05, 0) is 24.5 Å². The molecule has 0 bridgehead atoms. The fourth-order valence-electron chi connectivity index (χ4n) is 0.557. The Bertz CT molecular complexity index is 238. The van der Waals surface area contributed by atoms with Gasteiger partial charge < -0.3 is 11.5 Å². The number of hydrogen-bond donors (Lipinski definition) is 2. The van der Waals surface area contributed by atoms with Gasteiger partial charge in [-0.2, -0.15) is 0 Å². The minimum absolute atomic E-state index is 1.01. The lowest BCUT2D eigenvalue weighted by Crippen LogP contribution is -2.19. The van der Waals surface area contributed by atoms with Crippen molar-refractivity contribution in [2.24, 2.45) is 11.5 Å². The summed E-state index contributed by atoms with van der Waals surface area (Å²) in [5.74, 6) is 0. The normalized spacial score (nSPS) is 7.00. The molecule has 0 spiro atoms. The van der Waals surface area contributed by atoms with E-state index in [4.69, 9.17) is 0 Å². The predicted octanol–water partition coefficient (Wildman–Crippen LogP) is -0.343. The molecule has 68 valence electrons. The van der Waals surface area contributed by atoms with E-state index in [0.29, 0.717) is 0 Å². The first-order chi connectivity index (χ1) is 5.80. The maximum atomic E-state index is 4.50. The van der Waals surface area contributed by atoms with Crippen LogP contribution in [0.4, 0.5) is 0 Å². The Morgan fingerprint density at radius 1 is 0.833 bits per heavy atom. The van der Waals surface area contributed by atoms with E-state index in [1.807, 2.05) is 24.3 Å². The highest BCUT2D eigenvalue weighted by Crippen LogP contribution is 1.66. The van der Waals surface area contributed by atoms with Gasteiger partial charge in [-0.1, -0.05) is 37.4 Å². The third-order valence-corrected chi connectivity index (χ3v) is 1.12. The monoisotopic (exact) mass is 166 g/mol. The van der Waals surface area contributed by atoms with Crippen LogP contribution in [-0.2, 0) is 0 Å². The van der Waals surface area contributed by atoms with Crippen LogP contribution in [0.1, 0.15) is 0 Å². The van der Waals surface area contributed by atoms with E-state index in [9.17, 15) is 0 Å². The van der Waals surface area contributed by atoms with Crippen LogP contribution in [0.5, 0.6) is 0 Å². The molecular weight excluding hydrogens is 148 g/mol. The molecule has 0 aromatic heterocycles. The Hall–Kier alpha value is -1.12. The minimum Gasteiger partial charge on any atom is -0.333 e. The highest BCUT2D eigenvalue weighted by molar-refractivity contribution is 5.15. The number of hydrogen-bond acceptors (Lipinski definition) is 2. The van der Waals surface area contributed by atoms with Gasteiger partial charge in [-0.25, -0.2) is 0 Å². The summed E-state index contributed by atoms with van der Waals surface area (Å²) in [6.45, 7) is 7.52. The molecule has 4 N–H and O–H groups in total. The van der Waals surface area contributed by atoms with E-state index < -0.39 is 0 Å². The number of rotatable bonds is 0. The Morgan fingerprint density at radius 2 is 1.08 bits per heavy atom. The molecule has 0 aliphatic rings. The van der Waals surface area contributed by atoms with Crippen LogP contribution in [0.3, 0.4) is 0 Å². The smallest absolute Gasteiger partial charge is 0.0195 e. The molecule has 0 unspecified atom stereocenters. The van der Waals surface area contributed by atoms with Crippen molar-refractivity contribution in [3.05, 3.63) is 34.7 Å². The van der Waals surface area contributed by atoms with E-state index in [-0.39, 0.29) is 0 Å². The SMILES string of the molecule is C=c1ccccc1=C.CN.CN. The lowest BCUT2D eigenvalue weighted by atomic mass is 10.3. The molecule has 1 aromatic rings. The van der Waals surface area contributed by atoms with Crippen LogP contribution < -0.4 is 21.9 Å². The molecule has 0 amide bonds. The fraction of sp³-hybridized carbons (Fsp3) is 0.200. The summed E-state index contributed by atoms with van der Waals surface area (Å²) in [6, 6.07) is 7.80. The molecule has 0 atom stereocenters. The third kappa shape index (κ3) is 5.65. The van der Waals surface area contributed by atoms with Gasteiger partial charge in [-0.15, -0.1) is 0 Å². The zero-order valence-electron chi connectivity index (χ0n) is 7.88. The number of benzene rings is 1. The first kappa shape index (κ1) is 13.5. The Balaban J connectivity index is 0. The van der Waals surface area contributed by atoms with Crippen molar-refractivity contribution < 1.29 is 0 Å². The van der Waals surface area contributed by atoms with Gasteiger partial charge in [0.2, 0.25) is 0 Å². The summed E-state index contributed by atoms with van der Waals surface area (Å²) in [6.07, 6.45) is 0. The maximum absolute atomic E-state index is 4.50. The van der Waals surface area contributed by atoms with Crippen molar-refractivity contribution in [2.75, 3.05) is 14.1 Å². The number of nitrogens with two attached hydrogens (primary N) is 2. The van der Waals surface area contributed by atoms with Crippen LogP contribution in [-0.4, -0.2) is 14.1 Å². The van der Waals surface area contributed by atoms with Crippen molar-refractivity contribution >= 4 is 13.2 Å². The topological polar surface area (TPSA) is 52.0 Å². The molecule has 0 aliphatic heterocycles. The molecular formula is C10H18N2. The first-order valence-corrected chi connectivity index (χ1v) is 3.69. The zero-order chi connectivity index (χ0) is 9.98. The second-order valence-electron chi connectivity index (χ2n) is 1.77. The molecule has 2 heteroatoms. The maximum Gasteiger partial charge on any atom is -0.0195 e. The van der Waals surface area contributed by atoms with E-state index in [1.54, 1.807) is 0 Å². The zero-order valence-corrected chi connectivity index (χ0v) is 7.88. The molecule has 0 saturated carbocycles. The minimum atomic E-state index is 1.01. The second-order valence-corrected chi connectivity index (χ2v) is 1.77. The summed E-state index contributed by atoms with van der Waals surface area (Å²) >= 11 is 0. The van der Waals surface area contributed by atoms with Crippen molar-refractivity contribution in [2.45, 2.75) is 0 Å². The van der Waals surface area contributed by atoms with Gasteiger partial charge in [0.05, 0.1) is 0 Å². The lowest BCUT2D eigenvalue weighted by Gasteiger charge is -1.79. The molecule has 1 rings (SSSR count). The molecule has 1 aromatic carbocycles. The van der Waals surface area contributed by atoms with Crippen molar-refractivity contribution in [1.29, 1.82) is 0 Å². The largest absolute Gasteiger partial charge is 0.333 e. The highest BCUT2D eigenvalue weighted by Gasteiger charge is 1.71. The van der Waals surface area contributed by atoms with Crippen LogP contribution in [0.25, 0.3) is 13.2 Å². The van der Waals surface area contributed by atoms with Crippen molar-refractivity contribution in [1.82, 2.24) is 0 Å². The summed E-state index contributed by atoms with van der Waals surface area (Å²) in [5, 5.41) is 2.01. The summed E-state index contributed by atoms with van der Waals surface area (Å²) in [4.78, 5) is 0.